The molecule has 5 heteroatoms. The lowest BCUT2D eigenvalue weighted by Crippen LogP contribution is -2.46. The molecular formula is C27H31N3O2. The number of amides is 1. The number of ether oxygens (including phenoxy) is 1. The van der Waals surface area contributed by atoms with Crippen LogP contribution in [-0.4, -0.2) is 50.1 Å². The molecule has 5 nitrogen and oxygen atoms in total. The van der Waals surface area contributed by atoms with Crippen molar-refractivity contribution in [2.75, 3.05) is 49.5 Å². The van der Waals surface area contributed by atoms with Crippen LogP contribution in [0.5, 0.6) is 0 Å². The highest BCUT2D eigenvalue weighted by Crippen LogP contribution is 2.28. The summed E-state index contributed by atoms with van der Waals surface area (Å²) in [7, 11) is 0. The van der Waals surface area contributed by atoms with Crippen LogP contribution < -0.4 is 10.2 Å². The Morgan fingerprint density at radius 2 is 1.41 bits per heavy atom. The van der Waals surface area contributed by atoms with Crippen LogP contribution in [0.15, 0.2) is 84.9 Å². The second-order valence-electron chi connectivity index (χ2n) is 8.00. The van der Waals surface area contributed by atoms with Crippen LogP contribution in [0, 0.1) is 0 Å². The van der Waals surface area contributed by atoms with Crippen molar-refractivity contribution < 1.29 is 9.53 Å². The molecule has 166 valence electrons. The van der Waals surface area contributed by atoms with Crippen molar-refractivity contribution in [1.82, 2.24) is 4.90 Å². The Hall–Kier alpha value is -3.15. The van der Waals surface area contributed by atoms with Crippen LogP contribution in [0.4, 0.5) is 11.4 Å². The van der Waals surface area contributed by atoms with Crippen molar-refractivity contribution in [1.29, 1.82) is 0 Å². The average molecular weight is 430 g/mol. The Morgan fingerprint density at radius 3 is 2.00 bits per heavy atom. The number of hydrogen-bond acceptors (Lipinski definition) is 4. The molecule has 0 aromatic heterocycles. The van der Waals surface area contributed by atoms with E-state index < -0.39 is 0 Å². The predicted octanol–water partition coefficient (Wildman–Crippen LogP) is 4.57. The summed E-state index contributed by atoms with van der Waals surface area (Å²) in [6.07, 6.45) is -0.291. The Bertz CT molecular complexity index is 947. The zero-order chi connectivity index (χ0) is 22.2. The van der Waals surface area contributed by atoms with E-state index in [4.69, 9.17) is 4.74 Å². The molecule has 1 aliphatic rings. The highest BCUT2D eigenvalue weighted by Gasteiger charge is 2.20. The zero-order valence-corrected chi connectivity index (χ0v) is 18.6. The smallest absolute Gasteiger partial charge is 0.250 e. The SMILES string of the molecule is CCN1CCN(c2ccccc2NC(=O)COC(c2ccccc2)c2ccccc2)CC1. The van der Waals surface area contributed by atoms with Crippen molar-refractivity contribution in [3.8, 4) is 0 Å². The summed E-state index contributed by atoms with van der Waals surface area (Å²) in [6, 6.07) is 28.1. The van der Waals surface area contributed by atoms with Crippen LogP contribution in [0.1, 0.15) is 24.2 Å². The minimum Gasteiger partial charge on any atom is -0.367 e. The van der Waals surface area contributed by atoms with E-state index in [2.05, 4.69) is 28.1 Å². The first-order valence-electron chi connectivity index (χ1n) is 11.3. The molecule has 0 spiro atoms. The van der Waals surface area contributed by atoms with Crippen molar-refractivity contribution in [3.63, 3.8) is 0 Å². The second-order valence-corrected chi connectivity index (χ2v) is 8.00. The van der Waals surface area contributed by atoms with Gasteiger partial charge in [-0.3, -0.25) is 4.79 Å². The van der Waals surface area contributed by atoms with Crippen molar-refractivity contribution >= 4 is 17.3 Å². The van der Waals surface area contributed by atoms with E-state index in [9.17, 15) is 4.79 Å². The zero-order valence-electron chi connectivity index (χ0n) is 18.6. The largest absolute Gasteiger partial charge is 0.367 e. The van der Waals surface area contributed by atoms with Gasteiger partial charge in [0.25, 0.3) is 0 Å². The number of benzene rings is 3. The summed E-state index contributed by atoms with van der Waals surface area (Å²) in [6.45, 7) is 7.25. The van der Waals surface area contributed by atoms with Gasteiger partial charge in [-0.2, -0.15) is 0 Å². The fourth-order valence-electron chi connectivity index (χ4n) is 4.15. The normalized spacial score (nSPS) is 14.5. The fourth-order valence-corrected chi connectivity index (χ4v) is 4.15. The molecule has 3 aromatic carbocycles. The first-order valence-corrected chi connectivity index (χ1v) is 11.3. The maximum absolute atomic E-state index is 12.9. The van der Waals surface area contributed by atoms with Crippen molar-refractivity contribution in [3.05, 3.63) is 96.1 Å². The number of para-hydroxylation sites is 2. The van der Waals surface area contributed by atoms with Gasteiger partial charge in [0.05, 0.1) is 11.4 Å². The van der Waals surface area contributed by atoms with E-state index in [1.54, 1.807) is 0 Å². The minimum absolute atomic E-state index is 0.0214. The lowest BCUT2D eigenvalue weighted by molar-refractivity contribution is -0.121. The molecule has 1 amide bonds. The van der Waals surface area contributed by atoms with E-state index in [1.165, 1.54) is 0 Å². The standard InChI is InChI=1S/C27H31N3O2/c1-2-29-17-19-30(20-18-29)25-16-10-9-15-24(25)28-26(31)21-32-27(22-11-5-3-6-12-22)23-13-7-4-8-14-23/h3-16,27H,2,17-21H2,1H3,(H,28,31). The molecule has 0 saturated carbocycles. The number of likely N-dealkylation sites (N-methyl/N-ethyl adjacent to an activating group) is 1. The van der Waals surface area contributed by atoms with Crippen LogP contribution in [0.3, 0.4) is 0 Å². The van der Waals surface area contributed by atoms with Gasteiger partial charge in [-0.25, -0.2) is 0 Å². The van der Waals surface area contributed by atoms with Crippen LogP contribution >= 0.6 is 0 Å². The second kappa shape index (κ2) is 10.9. The Balaban J connectivity index is 1.42. The van der Waals surface area contributed by atoms with E-state index >= 15 is 0 Å². The highest BCUT2D eigenvalue weighted by molar-refractivity contribution is 5.95. The number of carbonyl (C=O) groups excluding carboxylic acids is 1. The monoisotopic (exact) mass is 429 g/mol. The molecule has 1 aliphatic heterocycles. The number of nitrogens with zero attached hydrogens (tertiary/aromatic N) is 2. The summed E-state index contributed by atoms with van der Waals surface area (Å²) in [5.41, 5.74) is 3.96. The molecule has 0 atom stereocenters. The number of nitrogens with one attached hydrogen (secondary N) is 1. The molecule has 0 bridgehead atoms. The van der Waals surface area contributed by atoms with Crippen LogP contribution in [-0.2, 0) is 9.53 Å². The molecule has 1 N–H and O–H groups in total. The first-order chi connectivity index (χ1) is 15.7. The molecule has 4 rings (SSSR count). The minimum atomic E-state index is -0.291. The van der Waals surface area contributed by atoms with E-state index in [1.807, 2.05) is 78.9 Å². The summed E-state index contributed by atoms with van der Waals surface area (Å²) in [5, 5.41) is 3.07. The molecule has 0 unspecified atom stereocenters. The quantitative estimate of drug-likeness (QED) is 0.570. The van der Waals surface area contributed by atoms with Gasteiger partial charge >= 0.3 is 0 Å². The predicted molar refractivity (Wildman–Crippen MR) is 130 cm³/mol. The molecule has 3 aromatic rings. The lowest BCUT2D eigenvalue weighted by Gasteiger charge is -2.36. The van der Waals surface area contributed by atoms with Crippen LogP contribution in [0.25, 0.3) is 0 Å². The third-order valence-electron chi connectivity index (χ3n) is 5.92. The van der Waals surface area contributed by atoms with E-state index in [0.717, 1.165) is 55.2 Å². The Kier molecular flexibility index (Phi) is 7.54. The maximum Gasteiger partial charge on any atom is 0.250 e. The number of piperazine rings is 1. The molecule has 1 heterocycles. The molecular weight excluding hydrogens is 398 g/mol. The van der Waals surface area contributed by atoms with Gasteiger partial charge in [0.2, 0.25) is 5.91 Å². The van der Waals surface area contributed by atoms with Gasteiger partial charge < -0.3 is 19.9 Å². The van der Waals surface area contributed by atoms with Gasteiger partial charge in [-0.15, -0.1) is 0 Å². The van der Waals surface area contributed by atoms with Gasteiger partial charge in [0.15, 0.2) is 0 Å². The van der Waals surface area contributed by atoms with Crippen molar-refractivity contribution in [2.24, 2.45) is 0 Å². The van der Waals surface area contributed by atoms with Crippen molar-refractivity contribution in [2.45, 2.75) is 13.0 Å². The third kappa shape index (κ3) is 5.55. The Labute approximate surface area is 190 Å². The molecule has 32 heavy (non-hydrogen) atoms. The first kappa shape index (κ1) is 22.1. The van der Waals surface area contributed by atoms with E-state index in [-0.39, 0.29) is 18.6 Å². The van der Waals surface area contributed by atoms with Gasteiger partial charge in [0, 0.05) is 26.2 Å². The van der Waals surface area contributed by atoms with Crippen LogP contribution in [0.2, 0.25) is 0 Å². The van der Waals surface area contributed by atoms with E-state index in [0.29, 0.717) is 0 Å². The van der Waals surface area contributed by atoms with Gasteiger partial charge in [-0.05, 0) is 29.8 Å². The summed E-state index contributed by atoms with van der Waals surface area (Å²) >= 11 is 0. The molecule has 1 saturated heterocycles. The van der Waals surface area contributed by atoms with Gasteiger partial charge in [-0.1, -0.05) is 79.7 Å². The molecule has 1 fully saturated rings. The Morgan fingerprint density at radius 1 is 0.844 bits per heavy atom. The average Bonchev–Trinajstić information content (AvgIpc) is 2.86. The topological polar surface area (TPSA) is 44.8 Å². The fraction of sp³-hybridized carbons (Fsp3) is 0.296. The van der Waals surface area contributed by atoms with Gasteiger partial charge in [0.1, 0.15) is 12.7 Å². The summed E-state index contributed by atoms with van der Waals surface area (Å²) in [4.78, 5) is 17.6. The number of carbonyl (C=O) groups is 1. The number of anilines is 2. The number of hydrogen-bond donors (Lipinski definition) is 1. The summed E-state index contributed by atoms with van der Waals surface area (Å²) < 4.78 is 6.13. The molecule has 0 radical (unpaired) electrons. The highest BCUT2D eigenvalue weighted by atomic mass is 16.5. The lowest BCUT2D eigenvalue weighted by atomic mass is 10.0. The number of rotatable bonds is 8. The third-order valence-corrected chi connectivity index (χ3v) is 5.92. The molecule has 0 aliphatic carbocycles. The summed E-state index contributed by atoms with van der Waals surface area (Å²) in [5.74, 6) is -0.151. The maximum atomic E-state index is 12.9.